The van der Waals surface area contributed by atoms with Gasteiger partial charge in [0.25, 0.3) is 0 Å². The van der Waals surface area contributed by atoms with Gasteiger partial charge in [-0.3, -0.25) is 4.79 Å². The minimum Gasteiger partial charge on any atom is -0.350 e. The molecule has 0 fully saturated rings. The number of carbonyl (C=O) groups excluding carboxylic acids is 1. The summed E-state index contributed by atoms with van der Waals surface area (Å²) in [6.07, 6.45) is 1.93. The fourth-order valence-corrected chi connectivity index (χ4v) is 3.76. The summed E-state index contributed by atoms with van der Waals surface area (Å²) in [5, 5.41) is 5.65. The zero-order valence-electron chi connectivity index (χ0n) is 14.4. The van der Waals surface area contributed by atoms with Crippen molar-refractivity contribution in [3.05, 3.63) is 96.2 Å². The number of benzene rings is 4. The second-order valence-corrected chi connectivity index (χ2v) is 6.76. The number of hydrogen-bond acceptors (Lipinski definition) is 1. The van der Waals surface area contributed by atoms with Crippen LogP contribution < -0.4 is 0 Å². The number of para-hydroxylation sites is 1. The summed E-state index contributed by atoms with van der Waals surface area (Å²) >= 11 is 0. The van der Waals surface area contributed by atoms with E-state index < -0.39 is 0 Å². The van der Waals surface area contributed by atoms with Gasteiger partial charge in [0.05, 0.1) is 0 Å². The Kier molecular flexibility index (Phi) is 3.19. The van der Waals surface area contributed by atoms with Gasteiger partial charge < -0.3 is 4.57 Å². The third kappa shape index (κ3) is 2.23. The second kappa shape index (κ2) is 5.57. The number of aryl methyl sites for hydroxylation is 1. The molecular formula is C24H17NO. The molecule has 0 aliphatic rings. The molecule has 0 saturated heterocycles. The fourth-order valence-electron chi connectivity index (χ4n) is 3.76. The normalized spacial score (nSPS) is 11.4. The van der Waals surface area contributed by atoms with Gasteiger partial charge in [0.15, 0.2) is 5.78 Å². The van der Waals surface area contributed by atoms with Gasteiger partial charge in [-0.15, -0.1) is 0 Å². The van der Waals surface area contributed by atoms with E-state index in [1.54, 1.807) is 0 Å². The summed E-state index contributed by atoms with van der Waals surface area (Å²) in [6.45, 7) is 0. The molecule has 0 N–H and O–H groups in total. The Morgan fingerprint density at radius 3 is 2.19 bits per heavy atom. The SMILES string of the molecule is Cn1cc(C(=O)c2ccc3cc4ccccc4cc3c2)c2ccccc21. The number of hydrogen-bond donors (Lipinski definition) is 0. The molecule has 1 aromatic heterocycles. The number of fused-ring (bicyclic) bond motifs is 3. The molecule has 0 bridgehead atoms. The first-order valence-corrected chi connectivity index (χ1v) is 8.72. The first-order chi connectivity index (χ1) is 12.7. The molecule has 26 heavy (non-hydrogen) atoms. The average Bonchev–Trinajstić information content (AvgIpc) is 3.02. The number of carbonyl (C=O) groups is 1. The standard InChI is InChI=1S/C24H17NO/c1-25-15-22(21-8-4-5-9-23(21)25)24(26)19-11-10-18-12-16-6-2-3-7-17(16)13-20(18)14-19/h2-15H,1H3. The minimum absolute atomic E-state index is 0.0665. The zero-order valence-corrected chi connectivity index (χ0v) is 14.4. The lowest BCUT2D eigenvalue weighted by Crippen LogP contribution is -2.00. The highest BCUT2D eigenvalue weighted by molar-refractivity contribution is 6.17. The second-order valence-electron chi connectivity index (χ2n) is 6.76. The van der Waals surface area contributed by atoms with Crippen molar-refractivity contribution in [3.8, 4) is 0 Å². The molecular weight excluding hydrogens is 318 g/mol. The van der Waals surface area contributed by atoms with Crippen molar-refractivity contribution in [1.29, 1.82) is 0 Å². The molecule has 0 saturated carbocycles. The summed E-state index contributed by atoms with van der Waals surface area (Å²) in [5.41, 5.74) is 2.55. The van der Waals surface area contributed by atoms with E-state index >= 15 is 0 Å². The summed E-state index contributed by atoms with van der Waals surface area (Å²) < 4.78 is 2.01. The van der Waals surface area contributed by atoms with Crippen LogP contribution in [0.2, 0.25) is 0 Å². The number of aromatic nitrogens is 1. The Morgan fingerprint density at radius 2 is 1.38 bits per heavy atom. The quantitative estimate of drug-likeness (QED) is 0.299. The van der Waals surface area contributed by atoms with E-state index in [4.69, 9.17) is 0 Å². The lowest BCUT2D eigenvalue weighted by molar-refractivity contribution is 0.104. The minimum atomic E-state index is 0.0665. The summed E-state index contributed by atoms with van der Waals surface area (Å²) in [4.78, 5) is 13.2. The number of ketones is 1. The van der Waals surface area contributed by atoms with Gasteiger partial charge in [-0.2, -0.15) is 0 Å². The Hall–Kier alpha value is -3.39. The molecule has 0 radical (unpaired) electrons. The van der Waals surface area contributed by atoms with Gasteiger partial charge in [0.2, 0.25) is 0 Å². The third-order valence-corrected chi connectivity index (χ3v) is 5.11. The van der Waals surface area contributed by atoms with E-state index in [-0.39, 0.29) is 5.78 Å². The summed E-state index contributed by atoms with van der Waals surface area (Å²) in [7, 11) is 1.98. The van der Waals surface area contributed by atoms with E-state index in [9.17, 15) is 4.79 Å². The highest BCUT2D eigenvalue weighted by atomic mass is 16.1. The molecule has 0 aliphatic carbocycles. The van der Waals surface area contributed by atoms with Crippen LogP contribution in [0.3, 0.4) is 0 Å². The molecule has 2 nitrogen and oxygen atoms in total. The molecule has 5 aromatic rings. The number of nitrogens with zero attached hydrogens (tertiary/aromatic N) is 1. The Balaban J connectivity index is 1.68. The molecule has 0 unspecified atom stereocenters. The van der Waals surface area contributed by atoms with Gasteiger partial charge in [0.1, 0.15) is 0 Å². The van der Waals surface area contributed by atoms with Crippen LogP contribution in [0.4, 0.5) is 0 Å². The Bertz CT molecular complexity index is 1310. The zero-order chi connectivity index (χ0) is 17.7. The Morgan fingerprint density at radius 1 is 0.731 bits per heavy atom. The van der Waals surface area contributed by atoms with E-state index in [2.05, 4.69) is 24.3 Å². The van der Waals surface area contributed by atoms with Gasteiger partial charge >= 0.3 is 0 Å². The van der Waals surface area contributed by atoms with Crippen LogP contribution in [-0.2, 0) is 7.05 Å². The van der Waals surface area contributed by atoms with E-state index in [0.29, 0.717) is 0 Å². The first kappa shape index (κ1) is 14.9. The fraction of sp³-hybridized carbons (Fsp3) is 0.0417. The smallest absolute Gasteiger partial charge is 0.195 e. The third-order valence-electron chi connectivity index (χ3n) is 5.11. The molecule has 2 heteroatoms. The molecule has 0 spiro atoms. The molecule has 0 aliphatic heterocycles. The Labute approximate surface area is 151 Å². The average molecular weight is 335 g/mol. The van der Waals surface area contributed by atoms with Crippen molar-refractivity contribution < 1.29 is 4.79 Å². The van der Waals surface area contributed by atoms with Gasteiger partial charge in [0, 0.05) is 35.3 Å². The van der Waals surface area contributed by atoms with Crippen LogP contribution in [0.1, 0.15) is 15.9 Å². The maximum Gasteiger partial charge on any atom is 0.195 e. The van der Waals surface area contributed by atoms with Crippen molar-refractivity contribution in [2.45, 2.75) is 0 Å². The van der Waals surface area contributed by atoms with Crippen LogP contribution in [0.5, 0.6) is 0 Å². The van der Waals surface area contributed by atoms with Crippen LogP contribution in [0.15, 0.2) is 85.1 Å². The summed E-state index contributed by atoms with van der Waals surface area (Å²) in [6, 6.07) is 26.7. The van der Waals surface area contributed by atoms with Crippen molar-refractivity contribution >= 4 is 38.2 Å². The summed E-state index contributed by atoms with van der Waals surface area (Å²) in [5.74, 6) is 0.0665. The van der Waals surface area contributed by atoms with E-state index in [0.717, 1.165) is 32.8 Å². The molecule has 0 amide bonds. The predicted octanol–water partition coefficient (Wildman–Crippen LogP) is 5.72. The van der Waals surface area contributed by atoms with Crippen LogP contribution in [0, 0.1) is 0 Å². The first-order valence-electron chi connectivity index (χ1n) is 8.72. The predicted molar refractivity (Wildman–Crippen MR) is 108 cm³/mol. The molecule has 5 rings (SSSR count). The topological polar surface area (TPSA) is 22.0 Å². The van der Waals surface area contributed by atoms with Crippen molar-refractivity contribution in [3.63, 3.8) is 0 Å². The van der Waals surface area contributed by atoms with Crippen molar-refractivity contribution in [1.82, 2.24) is 4.57 Å². The monoisotopic (exact) mass is 335 g/mol. The van der Waals surface area contributed by atoms with Crippen molar-refractivity contribution in [2.24, 2.45) is 7.05 Å². The van der Waals surface area contributed by atoms with Crippen LogP contribution in [0.25, 0.3) is 32.4 Å². The largest absolute Gasteiger partial charge is 0.350 e. The van der Waals surface area contributed by atoms with Gasteiger partial charge in [-0.25, -0.2) is 0 Å². The highest BCUT2D eigenvalue weighted by Gasteiger charge is 2.16. The van der Waals surface area contributed by atoms with E-state index in [1.165, 1.54) is 10.8 Å². The molecule has 4 aromatic carbocycles. The number of rotatable bonds is 2. The van der Waals surface area contributed by atoms with Gasteiger partial charge in [-0.05, 0) is 45.8 Å². The maximum atomic E-state index is 13.2. The van der Waals surface area contributed by atoms with Crippen molar-refractivity contribution in [2.75, 3.05) is 0 Å². The lowest BCUT2D eigenvalue weighted by atomic mass is 9.97. The van der Waals surface area contributed by atoms with Crippen LogP contribution in [-0.4, -0.2) is 10.4 Å². The maximum absolute atomic E-state index is 13.2. The molecule has 1 heterocycles. The molecule has 124 valence electrons. The highest BCUT2D eigenvalue weighted by Crippen LogP contribution is 2.27. The molecule has 0 atom stereocenters. The van der Waals surface area contributed by atoms with Crippen LogP contribution >= 0.6 is 0 Å². The van der Waals surface area contributed by atoms with E-state index in [1.807, 2.05) is 72.4 Å². The lowest BCUT2D eigenvalue weighted by Gasteiger charge is -2.05. The van der Waals surface area contributed by atoms with Gasteiger partial charge in [-0.1, -0.05) is 54.6 Å².